The summed E-state index contributed by atoms with van der Waals surface area (Å²) in [6, 6.07) is 7.50. The molecule has 0 radical (unpaired) electrons. The minimum Gasteiger partial charge on any atom is -0.408 e. The highest BCUT2D eigenvalue weighted by atomic mass is 16.4. The average Bonchev–Trinajstić information content (AvgIpc) is 3.34. The number of oxazole rings is 1. The molecule has 6 nitrogen and oxygen atoms in total. The molecule has 1 saturated heterocycles. The van der Waals surface area contributed by atoms with Gasteiger partial charge in [-0.2, -0.15) is 0 Å². The Bertz CT molecular complexity index is 751. The van der Waals surface area contributed by atoms with Gasteiger partial charge in [0.15, 0.2) is 12.3 Å². The number of para-hydroxylation sites is 2. The van der Waals surface area contributed by atoms with Gasteiger partial charge in [-0.05, 0) is 25.0 Å². The summed E-state index contributed by atoms with van der Waals surface area (Å²) >= 11 is 0. The molecule has 1 saturated carbocycles. The first-order chi connectivity index (χ1) is 10.7. The van der Waals surface area contributed by atoms with Crippen LogP contribution < -0.4 is 10.7 Å². The number of piperazine rings is 1. The Balaban J connectivity index is 1.44. The number of nitrogens with zero attached hydrogens (tertiary/aromatic N) is 2. The third-order valence-corrected chi connectivity index (χ3v) is 4.66. The Morgan fingerprint density at radius 3 is 2.68 bits per heavy atom. The highest BCUT2D eigenvalue weighted by molar-refractivity contribution is 5.81. The average molecular weight is 302 g/mol. The fourth-order valence-electron chi connectivity index (χ4n) is 3.18. The topological polar surface area (TPSA) is 59.9 Å². The van der Waals surface area contributed by atoms with E-state index in [0.29, 0.717) is 24.1 Å². The SMILES string of the molecule is O=C(C1CC1)N1CC[NH+](Cn2c(=O)oc3ccccc32)CC1. The van der Waals surface area contributed by atoms with Gasteiger partial charge in [0.2, 0.25) is 5.91 Å². The molecule has 6 heteroatoms. The van der Waals surface area contributed by atoms with Gasteiger partial charge in [-0.15, -0.1) is 0 Å². The second-order valence-corrected chi connectivity index (χ2v) is 6.27. The zero-order valence-corrected chi connectivity index (χ0v) is 12.5. The van der Waals surface area contributed by atoms with E-state index in [-0.39, 0.29) is 5.76 Å². The van der Waals surface area contributed by atoms with Gasteiger partial charge >= 0.3 is 5.76 Å². The Kier molecular flexibility index (Phi) is 3.26. The minimum absolute atomic E-state index is 0.294. The number of hydrogen-bond acceptors (Lipinski definition) is 3. The van der Waals surface area contributed by atoms with E-state index in [2.05, 4.69) is 0 Å². The third kappa shape index (κ3) is 2.43. The lowest BCUT2D eigenvalue weighted by molar-refractivity contribution is -0.926. The number of nitrogens with one attached hydrogen (secondary N) is 1. The van der Waals surface area contributed by atoms with Gasteiger partial charge in [0.1, 0.15) is 0 Å². The Morgan fingerprint density at radius 2 is 1.95 bits per heavy atom. The molecule has 1 N–H and O–H groups in total. The van der Waals surface area contributed by atoms with Crippen molar-refractivity contribution in [1.29, 1.82) is 0 Å². The van der Waals surface area contributed by atoms with Gasteiger partial charge in [-0.1, -0.05) is 12.1 Å². The molecule has 1 aromatic carbocycles. The fourth-order valence-corrected chi connectivity index (χ4v) is 3.18. The zero-order valence-electron chi connectivity index (χ0n) is 12.5. The highest BCUT2D eigenvalue weighted by Gasteiger charge is 2.35. The number of amides is 1. The summed E-state index contributed by atoms with van der Waals surface area (Å²) in [5.41, 5.74) is 1.48. The summed E-state index contributed by atoms with van der Waals surface area (Å²) in [4.78, 5) is 27.4. The summed E-state index contributed by atoms with van der Waals surface area (Å²) < 4.78 is 6.97. The molecular formula is C16H20N3O3+. The fraction of sp³-hybridized carbons (Fsp3) is 0.500. The van der Waals surface area contributed by atoms with E-state index in [9.17, 15) is 9.59 Å². The predicted molar refractivity (Wildman–Crippen MR) is 80.5 cm³/mol. The summed E-state index contributed by atoms with van der Waals surface area (Å²) in [5.74, 6) is 0.317. The molecule has 0 unspecified atom stereocenters. The van der Waals surface area contributed by atoms with E-state index in [0.717, 1.165) is 44.5 Å². The van der Waals surface area contributed by atoms with Crippen molar-refractivity contribution in [2.45, 2.75) is 19.5 Å². The standard InChI is InChI=1S/C16H19N3O3/c20-15(12-5-6-12)18-9-7-17(8-10-18)11-19-13-3-1-2-4-14(13)22-16(19)21/h1-4,12H,5-11H2/p+1. The second-order valence-electron chi connectivity index (χ2n) is 6.27. The van der Waals surface area contributed by atoms with Crippen LogP contribution in [0, 0.1) is 5.92 Å². The van der Waals surface area contributed by atoms with Crippen LogP contribution in [0.3, 0.4) is 0 Å². The second kappa shape index (κ2) is 5.28. The zero-order chi connectivity index (χ0) is 15.1. The molecule has 0 spiro atoms. The van der Waals surface area contributed by atoms with Gasteiger partial charge in [0, 0.05) is 5.92 Å². The summed E-state index contributed by atoms with van der Waals surface area (Å²) in [6.07, 6.45) is 2.12. The quantitative estimate of drug-likeness (QED) is 0.846. The normalized spacial score (nSPS) is 19.7. The molecule has 1 aliphatic carbocycles. The van der Waals surface area contributed by atoms with E-state index < -0.39 is 0 Å². The summed E-state index contributed by atoms with van der Waals surface area (Å²) in [7, 11) is 0. The smallest absolute Gasteiger partial charge is 0.408 e. The first kappa shape index (κ1) is 13.6. The van der Waals surface area contributed by atoms with Crippen LogP contribution >= 0.6 is 0 Å². The number of quaternary nitrogens is 1. The lowest BCUT2D eigenvalue weighted by atomic mass is 10.2. The molecule has 2 heterocycles. The van der Waals surface area contributed by atoms with E-state index in [1.165, 1.54) is 4.90 Å². The van der Waals surface area contributed by atoms with E-state index in [1.807, 2.05) is 29.2 Å². The molecule has 1 aliphatic heterocycles. The maximum Gasteiger partial charge on any atom is 0.424 e. The lowest BCUT2D eigenvalue weighted by Gasteiger charge is -2.32. The number of carbonyl (C=O) groups excluding carboxylic acids is 1. The molecule has 1 aromatic heterocycles. The summed E-state index contributed by atoms with van der Waals surface area (Å²) in [5, 5.41) is 0. The van der Waals surface area contributed by atoms with Crippen molar-refractivity contribution < 1.29 is 14.1 Å². The van der Waals surface area contributed by atoms with Crippen molar-refractivity contribution in [3.05, 3.63) is 34.8 Å². The number of rotatable bonds is 3. The van der Waals surface area contributed by atoms with Crippen LogP contribution in [-0.2, 0) is 11.5 Å². The van der Waals surface area contributed by atoms with Crippen molar-refractivity contribution >= 4 is 17.0 Å². The van der Waals surface area contributed by atoms with Gasteiger partial charge in [0.05, 0.1) is 31.7 Å². The van der Waals surface area contributed by atoms with Crippen molar-refractivity contribution in [2.24, 2.45) is 5.92 Å². The molecule has 116 valence electrons. The largest absolute Gasteiger partial charge is 0.424 e. The number of hydrogen-bond donors (Lipinski definition) is 1. The molecule has 1 amide bonds. The Labute approximate surface area is 127 Å². The number of benzene rings is 1. The monoisotopic (exact) mass is 302 g/mol. The first-order valence-corrected chi connectivity index (χ1v) is 7.93. The molecular weight excluding hydrogens is 282 g/mol. The number of aromatic nitrogens is 1. The molecule has 2 aromatic rings. The minimum atomic E-state index is -0.301. The van der Waals surface area contributed by atoms with E-state index in [4.69, 9.17) is 4.42 Å². The van der Waals surface area contributed by atoms with Gasteiger partial charge in [0.25, 0.3) is 0 Å². The number of fused-ring (bicyclic) bond motifs is 1. The van der Waals surface area contributed by atoms with Crippen molar-refractivity contribution in [3.63, 3.8) is 0 Å². The Hall–Kier alpha value is -2.08. The van der Waals surface area contributed by atoms with Crippen LogP contribution in [0.5, 0.6) is 0 Å². The molecule has 2 aliphatic rings. The van der Waals surface area contributed by atoms with Gasteiger partial charge in [-0.25, -0.2) is 9.36 Å². The van der Waals surface area contributed by atoms with Gasteiger partial charge in [-0.3, -0.25) is 4.79 Å². The third-order valence-electron chi connectivity index (χ3n) is 4.66. The number of carbonyl (C=O) groups is 1. The van der Waals surface area contributed by atoms with E-state index in [1.54, 1.807) is 4.57 Å². The Morgan fingerprint density at radius 1 is 1.23 bits per heavy atom. The maximum absolute atomic E-state index is 12.1. The molecule has 4 rings (SSSR count). The molecule has 0 atom stereocenters. The van der Waals surface area contributed by atoms with Crippen molar-refractivity contribution in [2.75, 3.05) is 26.2 Å². The van der Waals surface area contributed by atoms with Crippen molar-refractivity contribution in [3.8, 4) is 0 Å². The van der Waals surface area contributed by atoms with Crippen molar-refractivity contribution in [1.82, 2.24) is 9.47 Å². The first-order valence-electron chi connectivity index (χ1n) is 7.93. The van der Waals surface area contributed by atoms with E-state index >= 15 is 0 Å². The van der Waals surface area contributed by atoms with Crippen LogP contribution in [0.15, 0.2) is 33.5 Å². The summed E-state index contributed by atoms with van der Waals surface area (Å²) in [6.45, 7) is 3.93. The van der Waals surface area contributed by atoms with Crippen LogP contribution in [0.25, 0.3) is 11.1 Å². The highest BCUT2D eigenvalue weighted by Crippen LogP contribution is 2.30. The predicted octanol–water partition coefficient (Wildman–Crippen LogP) is -0.311. The van der Waals surface area contributed by atoms with Gasteiger partial charge < -0.3 is 14.2 Å². The van der Waals surface area contributed by atoms with Crippen LogP contribution in [-0.4, -0.2) is 41.6 Å². The maximum atomic E-state index is 12.1. The molecule has 22 heavy (non-hydrogen) atoms. The van der Waals surface area contributed by atoms with Crippen LogP contribution in [0.1, 0.15) is 12.8 Å². The lowest BCUT2D eigenvalue weighted by Crippen LogP contribution is -3.14. The van der Waals surface area contributed by atoms with Crippen LogP contribution in [0.4, 0.5) is 0 Å². The molecule has 2 fully saturated rings. The molecule has 0 bridgehead atoms. The van der Waals surface area contributed by atoms with Crippen LogP contribution in [0.2, 0.25) is 0 Å².